The van der Waals surface area contributed by atoms with Gasteiger partial charge in [-0.25, -0.2) is 0 Å². The summed E-state index contributed by atoms with van der Waals surface area (Å²) >= 11 is 0. The molecular weight excluding hydrogens is 144 g/mol. The van der Waals surface area contributed by atoms with Gasteiger partial charge in [-0.1, -0.05) is 0 Å². The molecule has 4 heteroatoms. The molecule has 0 unspecified atom stereocenters. The van der Waals surface area contributed by atoms with Crippen LogP contribution in [0.3, 0.4) is 0 Å². The van der Waals surface area contributed by atoms with Crippen LogP contribution in [0.25, 0.3) is 0 Å². The molecule has 0 saturated heterocycles. The Kier molecular flexibility index (Phi) is 228. The Bertz CT molecular complexity index is 3.25. The predicted octanol–water partition coefficient (Wildman–Crippen LogP) is 0.106. The third-order valence-corrected chi connectivity index (χ3v) is 0. The van der Waals surface area contributed by atoms with Crippen LogP contribution < -0.4 is 0 Å². The third kappa shape index (κ3) is 9.24. The van der Waals surface area contributed by atoms with E-state index in [-0.39, 0.29) is 62.2 Å². The summed E-state index contributed by atoms with van der Waals surface area (Å²) in [6, 6.07) is 0. The van der Waals surface area contributed by atoms with Gasteiger partial charge in [-0.05, 0) is 0 Å². The molecule has 0 radical (unpaired) electrons. The first-order valence-electron chi connectivity index (χ1n) is 0. The summed E-state index contributed by atoms with van der Waals surface area (Å²) in [6.07, 6.45) is 0. The van der Waals surface area contributed by atoms with Crippen LogP contribution in [0.1, 0.15) is 0 Å². The van der Waals surface area contributed by atoms with Crippen molar-refractivity contribution in [1.29, 1.82) is 0 Å². The molecule has 0 spiro atoms. The molecule has 4 heavy (non-hydrogen) atoms. The monoisotopic (exact) mass is 146 g/mol. The molecule has 0 aromatic rings. The normalized spacial score (nSPS) is 0. The van der Waals surface area contributed by atoms with E-state index in [1.165, 1.54) is 0 Å². The average Bonchev–Trinajstić information content (AvgIpc) is 0. The van der Waals surface area contributed by atoms with Crippen molar-refractivity contribution >= 4 is 40.5 Å². The summed E-state index contributed by atoms with van der Waals surface area (Å²) in [6.45, 7) is 0. The molecule has 0 N–H and O–H groups in total. The summed E-state index contributed by atoms with van der Waals surface area (Å²) in [5.74, 6) is 0. The van der Waals surface area contributed by atoms with E-state index >= 15 is 0 Å². The van der Waals surface area contributed by atoms with E-state index in [0.717, 1.165) is 0 Å². The van der Waals surface area contributed by atoms with Gasteiger partial charge in [-0.2, -0.15) is 13.5 Å². The number of hydrogen-bond acceptors (Lipinski definition) is 0. The van der Waals surface area contributed by atoms with E-state index in [1.807, 2.05) is 0 Å². The van der Waals surface area contributed by atoms with Crippen molar-refractivity contribution in [3.63, 3.8) is 0 Å². The van der Waals surface area contributed by atoms with Crippen molar-refractivity contribution in [2.45, 2.75) is 0 Å². The molecule has 0 rings (SSSR count). The Morgan fingerprint density at radius 1 is 0.750 bits per heavy atom. The molecule has 0 fully saturated rings. The zero-order valence-electron chi connectivity index (χ0n) is 1.82. The van der Waals surface area contributed by atoms with Crippen LogP contribution in [0.5, 0.6) is 0 Å². The second-order valence-electron chi connectivity index (χ2n) is 0. The molecule has 0 amide bonds. The van der Waals surface area contributed by atoms with Crippen molar-refractivity contribution in [3.05, 3.63) is 0 Å². The summed E-state index contributed by atoms with van der Waals surface area (Å²) in [5.41, 5.74) is 0. The van der Waals surface area contributed by atoms with Crippen LogP contribution in [0.15, 0.2) is 0 Å². The Morgan fingerprint density at radius 3 is 0.750 bits per heavy atom. The van der Waals surface area contributed by atoms with Gasteiger partial charge in [-0.3, -0.25) is 0 Å². The molecule has 0 aliphatic heterocycles. The molecular formula is H2S3Ti. The smallest absolute Gasteiger partial charge is 2.00 e. The maximum atomic E-state index is 0. The van der Waals surface area contributed by atoms with Crippen LogP contribution in [0, 0.1) is 0 Å². The van der Waals surface area contributed by atoms with Gasteiger partial charge in [0.2, 0.25) is 0 Å². The summed E-state index contributed by atoms with van der Waals surface area (Å²) in [4.78, 5) is 0. The molecule has 0 heterocycles. The van der Waals surface area contributed by atoms with Crippen LogP contribution >= 0.6 is 13.5 Å². The fraction of sp³-hybridized carbons (Fsp3) is 0. The van der Waals surface area contributed by atoms with Crippen molar-refractivity contribution in [2.75, 3.05) is 0 Å². The number of hydrogen-bond donors (Lipinski definition) is 0. The fourth-order valence-corrected chi connectivity index (χ4v) is 0. The Hall–Kier alpha value is 1.76. The predicted molar refractivity (Wildman–Crippen MR) is 25.1 cm³/mol. The minimum absolute atomic E-state index is 0. The van der Waals surface area contributed by atoms with E-state index in [0.29, 0.717) is 0 Å². The van der Waals surface area contributed by atoms with Gasteiger partial charge < -0.3 is 27.0 Å². The van der Waals surface area contributed by atoms with Gasteiger partial charge in [0.25, 0.3) is 0 Å². The first-order chi connectivity index (χ1) is 0. The quantitative estimate of drug-likeness (QED) is 0.425. The van der Waals surface area contributed by atoms with Gasteiger partial charge in [-0.15, -0.1) is 0 Å². The Balaban J connectivity index is 0. The molecule has 0 atom stereocenters. The van der Waals surface area contributed by atoms with E-state index < -0.39 is 0 Å². The molecule has 0 bridgehead atoms. The topological polar surface area (TPSA) is 0 Å². The SMILES string of the molecule is S.[S-2].[S-2].[Ti+4]. The van der Waals surface area contributed by atoms with E-state index in [9.17, 15) is 0 Å². The maximum absolute atomic E-state index is 0. The minimum Gasteiger partial charge on any atom is -2.00 e. The standard InChI is InChI=1S/H2S.2S.Ti/h1H2;;;/q;2*-2;+4. The van der Waals surface area contributed by atoms with Crippen LogP contribution in [0.2, 0.25) is 0 Å². The fourth-order valence-electron chi connectivity index (χ4n) is 0. The molecule has 0 aliphatic carbocycles. The second kappa shape index (κ2) is 21.7. The largest absolute Gasteiger partial charge is 4.00 e. The van der Waals surface area contributed by atoms with Crippen molar-refractivity contribution < 1.29 is 21.7 Å². The first-order valence-corrected chi connectivity index (χ1v) is 0. The van der Waals surface area contributed by atoms with E-state index in [1.54, 1.807) is 0 Å². The Morgan fingerprint density at radius 2 is 0.750 bits per heavy atom. The molecule has 24 valence electrons. The molecule has 0 nitrogen and oxygen atoms in total. The zero-order chi connectivity index (χ0) is 0. The van der Waals surface area contributed by atoms with Crippen LogP contribution in [0.4, 0.5) is 0 Å². The molecule has 0 saturated carbocycles. The maximum Gasteiger partial charge on any atom is 4.00 e. The minimum atomic E-state index is 0. The first kappa shape index (κ1) is 42.0. The molecule has 0 aromatic heterocycles. The van der Waals surface area contributed by atoms with Gasteiger partial charge in [0.05, 0.1) is 0 Å². The average molecular weight is 146 g/mol. The van der Waals surface area contributed by atoms with E-state index in [4.69, 9.17) is 0 Å². The van der Waals surface area contributed by atoms with Gasteiger partial charge in [0, 0.05) is 0 Å². The van der Waals surface area contributed by atoms with Gasteiger partial charge in [0.15, 0.2) is 0 Å². The Labute approximate surface area is 62.0 Å². The van der Waals surface area contributed by atoms with Gasteiger partial charge in [0.1, 0.15) is 0 Å². The summed E-state index contributed by atoms with van der Waals surface area (Å²) in [7, 11) is 0. The molecule has 0 aliphatic rings. The van der Waals surface area contributed by atoms with E-state index in [2.05, 4.69) is 0 Å². The van der Waals surface area contributed by atoms with Crippen LogP contribution in [-0.4, -0.2) is 0 Å². The van der Waals surface area contributed by atoms with Crippen molar-refractivity contribution in [1.82, 2.24) is 0 Å². The summed E-state index contributed by atoms with van der Waals surface area (Å²) < 4.78 is 0. The summed E-state index contributed by atoms with van der Waals surface area (Å²) in [5, 5.41) is 0. The van der Waals surface area contributed by atoms with Crippen molar-refractivity contribution in [3.8, 4) is 0 Å². The van der Waals surface area contributed by atoms with Crippen molar-refractivity contribution in [2.24, 2.45) is 0 Å². The molecule has 0 aromatic carbocycles. The zero-order valence-corrected chi connectivity index (χ0v) is 6.01. The van der Waals surface area contributed by atoms with Gasteiger partial charge >= 0.3 is 21.7 Å². The van der Waals surface area contributed by atoms with Crippen LogP contribution in [-0.2, 0) is 48.7 Å². The third-order valence-electron chi connectivity index (χ3n) is 0. The number of rotatable bonds is 0. The second-order valence-corrected chi connectivity index (χ2v) is 0.